The van der Waals surface area contributed by atoms with Crippen molar-refractivity contribution in [1.82, 2.24) is 4.90 Å². The first-order chi connectivity index (χ1) is 9.32. The summed E-state index contributed by atoms with van der Waals surface area (Å²) in [5.41, 5.74) is 0.777. The molecule has 0 spiro atoms. The first-order valence-electron chi connectivity index (χ1n) is 6.57. The fraction of sp³-hybridized carbons (Fsp3) is 0.467. The number of nitrogens with zero attached hydrogens (tertiary/aromatic N) is 1. The number of benzene rings is 1. The normalized spacial score (nSPS) is 13.6. The van der Waals surface area contributed by atoms with E-state index in [-0.39, 0.29) is 12.3 Å². The molecular formula is C15H19NO4. The van der Waals surface area contributed by atoms with Gasteiger partial charge in [-0.05, 0) is 31.0 Å². The van der Waals surface area contributed by atoms with Crippen LogP contribution >= 0.6 is 0 Å². The van der Waals surface area contributed by atoms with Gasteiger partial charge in [-0.2, -0.15) is 0 Å². The van der Waals surface area contributed by atoms with Crippen molar-refractivity contribution in [3.63, 3.8) is 0 Å². The lowest BCUT2D eigenvalue weighted by Gasteiger charge is -2.31. The molecule has 20 heavy (non-hydrogen) atoms. The number of ether oxygens (including phenoxy) is 1. The second-order valence-corrected chi connectivity index (χ2v) is 5.53. The summed E-state index contributed by atoms with van der Waals surface area (Å²) in [7, 11) is 1.52. The Balaban J connectivity index is 2.10. The van der Waals surface area contributed by atoms with Gasteiger partial charge in [0.15, 0.2) is 0 Å². The molecule has 0 radical (unpaired) electrons. The number of likely N-dealkylation sites (N-methyl/N-ethyl adjacent to an activating group) is 1. The largest absolute Gasteiger partial charge is 0.493 e. The minimum atomic E-state index is -1.21. The zero-order chi connectivity index (χ0) is 14.9. The van der Waals surface area contributed by atoms with Crippen LogP contribution < -0.4 is 4.74 Å². The van der Waals surface area contributed by atoms with E-state index in [0.29, 0.717) is 6.61 Å². The van der Waals surface area contributed by atoms with E-state index in [1.165, 1.54) is 25.8 Å². The topological polar surface area (TPSA) is 66.8 Å². The van der Waals surface area contributed by atoms with Crippen LogP contribution in [0.5, 0.6) is 5.75 Å². The van der Waals surface area contributed by atoms with Gasteiger partial charge in [0.25, 0.3) is 0 Å². The van der Waals surface area contributed by atoms with Gasteiger partial charge in [-0.25, -0.2) is 4.79 Å². The van der Waals surface area contributed by atoms with E-state index in [9.17, 15) is 9.59 Å². The number of aliphatic carboxylic acids is 1. The lowest BCUT2D eigenvalue weighted by atomic mass is 10.0. The highest BCUT2D eigenvalue weighted by Gasteiger charge is 2.35. The van der Waals surface area contributed by atoms with Crippen molar-refractivity contribution in [2.45, 2.75) is 32.2 Å². The fourth-order valence-electron chi connectivity index (χ4n) is 2.10. The molecule has 0 bridgehead atoms. The maximum Gasteiger partial charge on any atom is 0.329 e. The van der Waals surface area contributed by atoms with E-state index in [1.807, 2.05) is 18.2 Å². The highest BCUT2D eigenvalue weighted by atomic mass is 16.5. The maximum atomic E-state index is 12.2. The second kappa shape index (κ2) is 5.15. The molecule has 108 valence electrons. The highest BCUT2D eigenvalue weighted by molar-refractivity contribution is 5.87. The smallest absolute Gasteiger partial charge is 0.329 e. The van der Waals surface area contributed by atoms with Crippen LogP contribution in [0.25, 0.3) is 0 Å². The van der Waals surface area contributed by atoms with E-state index in [2.05, 4.69) is 0 Å². The molecule has 1 aromatic carbocycles. The summed E-state index contributed by atoms with van der Waals surface area (Å²) in [5.74, 6) is -0.354. The lowest BCUT2D eigenvalue weighted by molar-refractivity contribution is -0.155. The zero-order valence-corrected chi connectivity index (χ0v) is 12.0. The molecule has 2 rings (SSSR count). The van der Waals surface area contributed by atoms with Gasteiger partial charge in [0.05, 0.1) is 13.0 Å². The van der Waals surface area contributed by atoms with Crippen LogP contribution in [0, 0.1) is 0 Å². The molecule has 0 aliphatic carbocycles. The van der Waals surface area contributed by atoms with Gasteiger partial charge in [0, 0.05) is 13.5 Å². The molecule has 1 N–H and O–H groups in total. The maximum absolute atomic E-state index is 12.2. The third-order valence-corrected chi connectivity index (χ3v) is 3.85. The van der Waals surface area contributed by atoms with Crippen LogP contribution in [0.4, 0.5) is 0 Å². The predicted octanol–water partition coefficient (Wildman–Crippen LogP) is 1.49. The first kappa shape index (κ1) is 14.4. The molecule has 5 nitrogen and oxygen atoms in total. The molecule has 5 heteroatoms. The molecule has 1 heterocycles. The van der Waals surface area contributed by atoms with E-state index in [4.69, 9.17) is 9.84 Å². The minimum Gasteiger partial charge on any atom is -0.493 e. The Morgan fingerprint density at radius 3 is 2.75 bits per heavy atom. The zero-order valence-electron chi connectivity index (χ0n) is 12.0. The van der Waals surface area contributed by atoms with Crippen molar-refractivity contribution in [3.05, 3.63) is 29.3 Å². The number of fused-ring (bicyclic) bond motifs is 1. The van der Waals surface area contributed by atoms with Crippen LogP contribution in [0.1, 0.15) is 25.0 Å². The Bertz CT molecular complexity index is 551. The van der Waals surface area contributed by atoms with Gasteiger partial charge in [-0.1, -0.05) is 12.1 Å². The van der Waals surface area contributed by atoms with Gasteiger partial charge < -0.3 is 14.7 Å². The molecule has 1 aliphatic rings. The van der Waals surface area contributed by atoms with Gasteiger partial charge in [0.2, 0.25) is 5.91 Å². The summed E-state index contributed by atoms with van der Waals surface area (Å²) >= 11 is 0. The molecule has 1 aliphatic heterocycles. The number of hydrogen-bond donors (Lipinski definition) is 1. The number of rotatable bonds is 4. The minimum absolute atomic E-state index is 0.195. The predicted molar refractivity (Wildman–Crippen MR) is 73.8 cm³/mol. The van der Waals surface area contributed by atoms with Gasteiger partial charge in [-0.3, -0.25) is 4.79 Å². The monoisotopic (exact) mass is 277 g/mol. The van der Waals surface area contributed by atoms with Crippen LogP contribution in [0.3, 0.4) is 0 Å². The van der Waals surface area contributed by atoms with Gasteiger partial charge >= 0.3 is 5.97 Å². The Labute approximate surface area is 118 Å². The van der Waals surface area contributed by atoms with Crippen molar-refractivity contribution in [3.8, 4) is 5.75 Å². The standard InChI is InChI=1S/C15H19NO4/c1-15(2,14(18)19)16(3)13(17)9-10-4-5-12-11(8-10)6-7-20-12/h4-5,8H,6-7,9H2,1-3H3,(H,18,19). The molecule has 0 aromatic heterocycles. The van der Waals surface area contributed by atoms with Gasteiger partial charge in [-0.15, -0.1) is 0 Å². The third kappa shape index (κ3) is 2.61. The Kier molecular flexibility index (Phi) is 3.70. The summed E-state index contributed by atoms with van der Waals surface area (Å²) in [6, 6.07) is 5.68. The third-order valence-electron chi connectivity index (χ3n) is 3.85. The average Bonchev–Trinajstić information content (AvgIpc) is 2.84. The highest BCUT2D eigenvalue weighted by Crippen LogP contribution is 2.26. The SMILES string of the molecule is CN(C(=O)Cc1ccc2c(c1)CCO2)C(C)(C)C(=O)O. The summed E-state index contributed by atoms with van der Waals surface area (Å²) in [6.07, 6.45) is 1.05. The number of carboxylic acids is 1. The summed E-state index contributed by atoms with van der Waals surface area (Å²) < 4.78 is 5.42. The average molecular weight is 277 g/mol. The van der Waals surface area contributed by atoms with Crippen LogP contribution in [0.15, 0.2) is 18.2 Å². The van der Waals surface area contributed by atoms with Gasteiger partial charge in [0.1, 0.15) is 11.3 Å². The van der Waals surface area contributed by atoms with E-state index >= 15 is 0 Å². The molecule has 0 atom stereocenters. The van der Waals surface area contributed by atoms with Crippen molar-refractivity contribution >= 4 is 11.9 Å². The summed E-state index contributed by atoms with van der Waals surface area (Å²) in [5, 5.41) is 9.14. The molecule has 0 fully saturated rings. The molecule has 0 saturated carbocycles. The number of carbonyl (C=O) groups excluding carboxylic acids is 1. The molecule has 0 unspecified atom stereocenters. The molecule has 1 amide bonds. The molecular weight excluding hydrogens is 258 g/mol. The van der Waals surface area contributed by atoms with Crippen molar-refractivity contribution in [2.75, 3.05) is 13.7 Å². The Morgan fingerprint density at radius 2 is 2.10 bits per heavy atom. The van der Waals surface area contributed by atoms with Crippen molar-refractivity contribution < 1.29 is 19.4 Å². The number of carboxylic acid groups (broad SMARTS) is 1. The number of carbonyl (C=O) groups is 2. The summed E-state index contributed by atoms with van der Waals surface area (Å²) in [6.45, 7) is 3.71. The summed E-state index contributed by atoms with van der Waals surface area (Å²) in [4.78, 5) is 24.6. The quantitative estimate of drug-likeness (QED) is 0.905. The van der Waals surface area contributed by atoms with Crippen LogP contribution in [0.2, 0.25) is 0 Å². The van der Waals surface area contributed by atoms with Crippen LogP contribution in [-0.4, -0.2) is 41.1 Å². The Hall–Kier alpha value is -2.04. The van der Waals surface area contributed by atoms with Crippen molar-refractivity contribution in [1.29, 1.82) is 0 Å². The molecule has 0 saturated heterocycles. The van der Waals surface area contributed by atoms with E-state index < -0.39 is 11.5 Å². The van der Waals surface area contributed by atoms with Crippen LogP contribution in [-0.2, 0) is 22.4 Å². The number of hydrogen-bond acceptors (Lipinski definition) is 3. The second-order valence-electron chi connectivity index (χ2n) is 5.53. The van der Waals surface area contributed by atoms with Crippen molar-refractivity contribution in [2.24, 2.45) is 0 Å². The number of amides is 1. The van der Waals surface area contributed by atoms with E-state index in [0.717, 1.165) is 23.3 Å². The molecule has 1 aromatic rings. The fourth-order valence-corrected chi connectivity index (χ4v) is 2.10. The Morgan fingerprint density at radius 1 is 1.40 bits per heavy atom. The lowest BCUT2D eigenvalue weighted by Crippen LogP contribution is -2.51. The van der Waals surface area contributed by atoms with E-state index in [1.54, 1.807) is 0 Å². The first-order valence-corrected chi connectivity index (χ1v) is 6.57.